The highest BCUT2D eigenvalue weighted by Crippen LogP contribution is 2.41. The number of ether oxygens (including phenoxy) is 2. The van der Waals surface area contributed by atoms with Crippen molar-refractivity contribution < 1.29 is 14.3 Å². The van der Waals surface area contributed by atoms with Crippen LogP contribution in [0.1, 0.15) is 36.7 Å². The van der Waals surface area contributed by atoms with E-state index in [1.165, 1.54) is 7.11 Å². The normalized spacial score (nSPS) is 11.2. The van der Waals surface area contributed by atoms with Crippen molar-refractivity contribution in [3.63, 3.8) is 0 Å². The van der Waals surface area contributed by atoms with Gasteiger partial charge in [0, 0.05) is 0 Å². The van der Waals surface area contributed by atoms with E-state index in [4.69, 9.17) is 9.47 Å². The van der Waals surface area contributed by atoms with E-state index in [2.05, 4.69) is 43.3 Å². The summed E-state index contributed by atoms with van der Waals surface area (Å²) in [7, 11) is 1.35. The van der Waals surface area contributed by atoms with Gasteiger partial charge < -0.3 is 9.47 Å². The number of rotatable bonds is 7. The molecule has 0 aliphatic heterocycles. The van der Waals surface area contributed by atoms with Gasteiger partial charge in [-0.25, -0.2) is 4.79 Å². The molecule has 0 aliphatic carbocycles. The topological polar surface area (TPSA) is 35.5 Å². The smallest absolute Gasteiger partial charge is 0.338 e. The molecule has 5 heteroatoms. The van der Waals surface area contributed by atoms with Crippen molar-refractivity contribution in [1.82, 2.24) is 0 Å². The molecule has 0 aliphatic rings. The lowest BCUT2D eigenvalue weighted by atomic mass is 10.1. The minimum atomic E-state index is -1.63. The summed E-state index contributed by atoms with van der Waals surface area (Å²) < 4.78 is 11.1. The second kappa shape index (κ2) is 7.97. The number of hydrogen-bond donors (Lipinski definition) is 0. The summed E-state index contributed by atoms with van der Waals surface area (Å²) in [6.45, 7) is 11.1. The molecule has 22 heavy (non-hydrogen) atoms. The molecule has 0 saturated heterocycles. The zero-order valence-corrected chi connectivity index (χ0v) is 16.7. The molecule has 3 nitrogen and oxygen atoms in total. The second-order valence-electron chi connectivity index (χ2n) is 5.35. The molecular formula is C17H25BrO3Si. The van der Waals surface area contributed by atoms with Crippen molar-refractivity contribution in [3.05, 3.63) is 34.3 Å². The van der Waals surface area contributed by atoms with E-state index < -0.39 is 8.07 Å². The van der Waals surface area contributed by atoms with Crippen LogP contribution >= 0.6 is 15.9 Å². The van der Waals surface area contributed by atoms with Crippen LogP contribution in [0.15, 0.2) is 23.2 Å². The minimum Gasteiger partial charge on any atom is -0.496 e. The van der Waals surface area contributed by atoms with Gasteiger partial charge in [-0.2, -0.15) is 0 Å². The molecular weight excluding hydrogens is 360 g/mol. The first-order valence-corrected chi connectivity index (χ1v) is 11.0. The molecule has 0 saturated carbocycles. The monoisotopic (exact) mass is 384 g/mol. The van der Waals surface area contributed by atoms with Gasteiger partial charge in [0.15, 0.2) is 0 Å². The molecule has 1 rings (SSSR count). The number of halogens is 1. The summed E-state index contributed by atoms with van der Waals surface area (Å²) in [5.74, 6) is 0.266. The summed E-state index contributed by atoms with van der Waals surface area (Å²) in [5.41, 5.74) is 1.46. The Morgan fingerprint density at radius 3 is 2.14 bits per heavy atom. The number of methoxy groups -OCH3 is 2. The lowest BCUT2D eigenvalue weighted by Crippen LogP contribution is -2.33. The minimum absolute atomic E-state index is 0.364. The lowest BCUT2D eigenvalue weighted by Gasteiger charge is -2.31. The van der Waals surface area contributed by atoms with E-state index >= 15 is 0 Å². The maximum absolute atomic E-state index is 11.9. The van der Waals surface area contributed by atoms with Crippen LogP contribution in [0, 0.1) is 0 Å². The Labute approximate surface area is 142 Å². The lowest BCUT2D eigenvalue weighted by molar-refractivity contribution is 0.0600. The summed E-state index contributed by atoms with van der Waals surface area (Å²) in [6, 6.07) is 6.96. The van der Waals surface area contributed by atoms with Gasteiger partial charge in [0.1, 0.15) is 5.75 Å². The molecule has 122 valence electrons. The molecule has 1 aromatic carbocycles. The summed E-state index contributed by atoms with van der Waals surface area (Å²) >= 11 is 3.61. The molecule has 1 aromatic rings. The zero-order chi connectivity index (χ0) is 16.9. The number of carbonyl (C=O) groups excluding carboxylic acids is 1. The van der Waals surface area contributed by atoms with Crippen LogP contribution in [0.5, 0.6) is 5.75 Å². The van der Waals surface area contributed by atoms with Crippen molar-refractivity contribution >= 4 is 35.2 Å². The van der Waals surface area contributed by atoms with Crippen LogP contribution in [-0.4, -0.2) is 28.3 Å². The Balaban J connectivity index is 3.51. The Morgan fingerprint density at radius 1 is 1.18 bits per heavy atom. The van der Waals surface area contributed by atoms with E-state index in [-0.39, 0.29) is 5.97 Å². The Kier molecular flexibility index (Phi) is 6.87. The number of benzene rings is 1. The zero-order valence-electron chi connectivity index (χ0n) is 14.1. The first-order valence-electron chi connectivity index (χ1n) is 7.56. The molecule has 0 unspecified atom stereocenters. The molecule has 0 atom stereocenters. The third-order valence-electron chi connectivity index (χ3n) is 4.68. The molecule has 0 bridgehead atoms. The van der Waals surface area contributed by atoms with Gasteiger partial charge >= 0.3 is 5.97 Å². The molecule has 0 amide bonds. The van der Waals surface area contributed by atoms with Crippen LogP contribution in [0.2, 0.25) is 18.1 Å². The second-order valence-corrected chi connectivity index (χ2v) is 11.4. The molecule has 0 radical (unpaired) electrons. The molecule has 0 heterocycles. The first kappa shape index (κ1) is 19.0. The van der Waals surface area contributed by atoms with Gasteiger partial charge in [-0.15, -0.1) is 0 Å². The van der Waals surface area contributed by atoms with Gasteiger partial charge in [0.05, 0.1) is 32.3 Å². The maximum Gasteiger partial charge on any atom is 0.338 e. The summed E-state index contributed by atoms with van der Waals surface area (Å²) in [5, 5.41) is 1.16. The molecule has 0 aromatic heterocycles. The number of hydrogen-bond acceptors (Lipinski definition) is 3. The van der Waals surface area contributed by atoms with Crippen LogP contribution in [0.3, 0.4) is 0 Å². The quantitative estimate of drug-likeness (QED) is 0.472. The highest BCUT2D eigenvalue weighted by Gasteiger charge is 2.32. The molecule has 0 fully saturated rings. The summed E-state index contributed by atoms with van der Waals surface area (Å²) in [6.07, 6.45) is 0. The fourth-order valence-electron chi connectivity index (χ4n) is 2.88. The van der Waals surface area contributed by atoms with Crippen molar-refractivity contribution in [3.8, 4) is 5.75 Å². The van der Waals surface area contributed by atoms with Crippen LogP contribution in [0.25, 0.3) is 5.20 Å². The van der Waals surface area contributed by atoms with Gasteiger partial charge in [0.2, 0.25) is 0 Å². The number of esters is 1. The van der Waals surface area contributed by atoms with Crippen molar-refractivity contribution in [2.24, 2.45) is 0 Å². The van der Waals surface area contributed by atoms with Crippen molar-refractivity contribution in [2.45, 2.75) is 38.9 Å². The average molecular weight is 385 g/mol. The maximum atomic E-state index is 11.9. The predicted octanol–water partition coefficient (Wildman–Crippen LogP) is 5.31. The SMILES string of the molecule is C=C(c1cc(C(=O)OC)cc(OC)c1Br)[Si](CC)(CC)CC. The Morgan fingerprint density at radius 2 is 1.73 bits per heavy atom. The fourth-order valence-corrected chi connectivity index (χ4v) is 7.24. The van der Waals surface area contributed by atoms with Crippen LogP contribution in [0.4, 0.5) is 0 Å². The van der Waals surface area contributed by atoms with Gasteiger partial charge in [-0.3, -0.25) is 0 Å². The molecule has 0 N–H and O–H groups in total. The third kappa shape index (κ3) is 3.46. The van der Waals surface area contributed by atoms with Crippen molar-refractivity contribution in [2.75, 3.05) is 14.2 Å². The largest absolute Gasteiger partial charge is 0.496 e. The van der Waals surface area contributed by atoms with E-state index in [1.807, 2.05) is 6.07 Å². The van der Waals surface area contributed by atoms with Crippen LogP contribution in [-0.2, 0) is 4.74 Å². The van der Waals surface area contributed by atoms with Gasteiger partial charge in [-0.1, -0.05) is 50.7 Å². The third-order valence-corrected chi connectivity index (χ3v) is 11.1. The van der Waals surface area contributed by atoms with E-state index in [0.29, 0.717) is 11.3 Å². The summed E-state index contributed by atoms with van der Waals surface area (Å²) in [4.78, 5) is 11.9. The number of carbonyl (C=O) groups is 1. The van der Waals surface area contributed by atoms with E-state index in [0.717, 1.165) is 33.4 Å². The first-order chi connectivity index (χ1) is 10.4. The highest BCUT2D eigenvalue weighted by atomic mass is 79.9. The van der Waals surface area contributed by atoms with E-state index in [1.54, 1.807) is 13.2 Å². The van der Waals surface area contributed by atoms with Crippen LogP contribution < -0.4 is 4.74 Å². The average Bonchev–Trinajstić information content (AvgIpc) is 2.56. The van der Waals surface area contributed by atoms with Gasteiger partial charge in [-0.05, 0) is 33.6 Å². The van der Waals surface area contributed by atoms with E-state index in [9.17, 15) is 4.79 Å². The Hall–Kier alpha value is -1.07. The molecule has 0 spiro atoms. The predicted molar refractivity (Wildman–Crippen MR) is 98.3 cm³/mol. The fraction of sp³-hybridized carbons (Fsp3) is 0.471. The van der Waals surface area contributed by atoms with Crippen molar-refractivity contribution in [1.29, 1.82) is 0 Å². The Bertz CT molecular complexity index is 557. The van der Waals surface area contributed by atoms with Gasteiger partial charge in [0.25, 0.3) is 0 Å². The highest BCUT2D eigenvalue weighted by molar-refractivity contribution is 9.10. The standard InChI is InChI=1S/C17H25BrO3Si/c1-7-22(8-2,9-3)12(4)14-10-13(17(19)21-6)11-15(20-5)16(14)18/h10-11H,4,7-9H2,1-3,5-6H3.